The Labute approximate surface area is 114 Å². The third-order valence-corrected chi connectivity index (χ3v) is 4.77. The van der Waals surface area contributed by atoms with E-state index >= 15 is 0 Å². The van der Waals surface area contributed by atoms with Crippen LogP contribution in [0.25, 0.3) is 0 Å². The van der Waals surface area contributed by atoms with Gasteiger partial charge in [0.05, 0.1) is 0 Å². The summed E-state index contributed by atoms with van der Waals surface area (Å²) in [7, 11) is 0. The highest BCUT2D eigenvalue weighted by Crippen LogP contribution is 2.24. The van der Waals surface area contributed by atoms with Gasteiger partial charge in [0.2, 0.25) is 0 Å². The normalized spacial score (nSPS) is 35.3. The zero-order valence-corrected chi connectivity index (χ0v) is 12.5. The van der Waals surface area contributed by atoms with Gasteiger partial charge in [-0.15, -0.1) is 0 Å². The zero-order chi connectivity index (χ0) is 12.8. The van der Waals surface area contributed by atoms with Crippen molar-refractivity contribution in [2.45, 2.75) is 77.3 Å². The molecular formula is C16H32N2. The van der Waals surface area contributed by atoms with Gasteiger partial charge < -0.3 is 10.2 Å². The van der Waals surface area contributed by atoms with E-state index in [1.165, 1.54) is 71.0 Å². The highest BCUT2D eigenvalue weighted by Gasteiger charge is 2.23. The van der Waals surface area contributed by atoms with Crippen LogP contribution in [0.3, 0.4) is 0 Å². The van der Waals surface area contributed by atoms with Gasteiger partial charge in [0, 0.05) is 12.1 Å². The molecule has 1 aliphatic heterocycles. The number of nitrogens with zero attached hydrogens (tertiary/aromatic N) is 1. The van der Waals surface area contributed by atoms with Gasteiger partial charge in [0.25, 0.3) is 0 Å². The zero-order valence-electron chi connectivity index (χ0n) is 12.5. The minimum absolute atomic E-state index is 0.794. The minimum atomic E-state index is 0.794. The Hall–Kier alpha value is -0.0800. The fourth-order valence-corrected chi connectivity index (χ4v) is 3.78. The van der Waals surface area contributed by atoms with Crippen molar-refractivity contribution in [2.24, 2.45) is 5.92 Å². The molecule has 0 radical (unpaired) electrons. The van der Waals surface area contributed by atoms with E-state index in [4.69, 9.17) is 0 Å². The average molecular weight is 252 g/mol. The number of hydrogen-bond donors (Lipinski definition) is 1. The lowest BCUT2D eigenvalue weighted by Gasteiger charge is -2.31. The first-order chi connectivity index (χ1) is 8.78. The molecule has 1 saturated heterocycles. The lowest BCUT2D eigenvalue weighted by atomic mass is 9.86. The monoisotopic (exact) mass is 252 g/mol. The van der Waals surface area contributed by atoms with E-state index in [0.717, 1.165) is 18.0 Å². The molecule has 18 heavy (non-hydrogen) atoms. The molecular weight excluding hydrogens is 220 g/mol. The second-order valence-corrected chi connectivity index (χ2v) is 6.60. The van der Waals surface area contributed by atoms with Crippen LogP contribution in [0.15, 0.2) is 0 Å². The van der Waals surface area contributed by atoms with Gasteiger partial charge in [-0.25, -0.2) is 0 Å². The molecule has 2 fully saturated rings. The molecule has 2 nitrogen and oxygen atoms in total. The summed E-state index contributed by atoms with van der Waals surface area (Å²) in [5, 5.41) is 3.96. The molecule has 1 N–H and O–H groups in total. The lowest BCUT2D eigenvalue weighted by Crippen LogP contribution is -2.41. The third kappa shape index (κ3) is 4.55. The first-order valence-corrected chi connectivity index (χ1v) is 8.26. The summed E-state index contributed by atoms with van der Waals surface area (Å²) in [5.74, 6) is 0.943. The van der Waals surface area contributed by atoms with E-state index in [9.17, 15) is 0 Å². The Morgan fingerprint density at radius 1 is 1.00 bits per heavy atom. The Kier molecular flexibility index (Phi) is 5.97. The molecule has 2 aliphatic rings. The minimum Gasteiger partial charge on any atom is -0.311 e. The van der Waals surface area contributed by atoms with Crippen LogP contribution in [0.5, 0.6) is 0 Å². The maximum Gasteiger partial charge on any atom is 0.00823 e. The number of likely N-dealkylation sites (tertiary alicyclic amines) is 1. The standard InChI is InChI=1S/C16H32N2/c1-3-10-18-11-5-8-15(9-12-18)17-16-7-4-6-14(2)13-16/h14-17H,3-13H2,1-2H3. The predicted molar refractivity (Wildman–Crippen MR) is 78.9 cm³/mol. The Bertz CT molecular complexity index is 229. The van der Waals surface area contributed by atoms with E-state index in [-0.39, 0.29) is 0 Å². The van der Waals surface area contributed by atoms with Crippen LogP contribution in [0.2, 0.25) is 0 Å². The van der Waals surface area contributed by atoms with E-state index in [0.29, 0.717) is 0 Å². The molecule has 2 heteroatoms. The largest absolute Gasteiger partial charge is 0.311 e. The van der Waals surface area contributed by atoms with Gasteiger partial charge >= 0.3 is 0 Å². The summed E-state index contributed by atoms with van der Waals surface area (Å²) in [6.07, 6.45) is 11.2. The maximum atomic E-state index is 3.96. The molecule has 0 aromatic rings. The van der Waals surface area contributed by atoms with E-state index in [1.807, 2.05) is 0 Å². The van der Waals surface area contributed by atoms with Crippen molar-refractivity contribution < 1.29 is 0 Å². The van der Waals surface area contributed by atoms with Gasteiger partial charge in [0.1, 0.15) is 0 Å². The predicted octanol–water partition coefficient (Wildman–Crippen LogP) is 3.42. The second-order valence-electron chi connectivity index (χ2n) is 6.60. The Balaban J connectivity index is 1.72. The Morgan fingerprint density at radius 2 is 1.83 bits per heavy atom. The van der Waals surface area contributed by atoms with Crippen LogP contribution in [-0.2, 0) is 0 Å². The average Bonchev–Trinajstić information content (AvgIpc) is 2.56. The van der Waals surface area contributed by atoms with Crippen LogP contribution in [0, 0.1) is 5.92 Å². The summed E-state index contributed by atoms with van der Waals surface area (Å²) in [6, 6.07) is 1.61. The fraction of sp³-hybridized carbons (Fsp3) is 1.00. The molecule has 0 bridgehead atoms. The third-order valence-electron chi connectivity index (χ3n) is 4.77. The molecule has 1 aliphatic carbocycles. The van der Waals surface area contributed by atoms with Gasteiger partial charge in [-0.1, -0.05) is 26.7 Å². The van der Waals surface area contributed by atoms with Crippen LogP contribution >= 0.6 is 0 Å². The Morgan fingerprint density at radius 3 is 2.61 bits per heavy atom. The summed E-state index contributed by atoms with van der Waals surface area (Å²) in [4.78, 5) is 2.66. The molecule has 106 valence electrons. The van der Waals surface area contributed by atoms with Crippen molar-refractivity contribution >= 4 is 0 Å². The molecule has 0 aromatic heterocycles. The van der Waals surface area contributed by atoms with Crippen LogP contribution in [0.4, 0.5) is 0 Å². The van der Waals surface area contributed by atoms with Crippen LogP contribution < -0.4 is 5.32 Å². The summed E-state index contributed by atoms with van der Waals surface area (Å²) in [6.45, 7) is 8.65. The fourth-order valence-electron chi connectivity index (χ4n) is 3.78. The SMILES string of the molecule is CCCN1CCCC(NC2CCCC(C)C2)CC1. The number of hydrogen-bond acceptors (Lipinski definition) is 2. The van der Waals surface area contributed by atoms with Crippen molar-refractivity contribution in [1.29, 1.82) is 0 Å². The van der Waals surface area contributed by atoms with Crippen molar-refractivity contribution in [2.75, 3.05) is 19.6 Å². The second kappa shape index (κ2) is 7.49. The van der Waals surface area contributed by atoms with Gasteiger partial charge in [-0.2, -0.15) is 0 Å². The van der Waals surface area contributed by atoms with E-state index in [1.54, 1.807) is 0 Å². The number of rotatable bonds is 4. The molecule has 1 saturated carbocycles. The molecule has 3 unspecified atom stereocenters. The molecule has 2 rings (SSSR count). The lowest BCUT2D eigenvalue weighted by molar-refractivity contribution is 0.261. The van der Waals surface area contributed by atoms with Gasteiger partial charge in [-0.05, 0) is 64.1 Å². The smallest absolute Gasteiger partial charge is 0.00823 e. The van der Waals surface area contributed by atoms with Crippen molar-refractivity contribution in [3.05, 3.63) is 0 Å². The first kappa shape index (κ1) is 14.3. The molecule has 3 atom stereocenters. The van der Waals surface area contributed by atoms with Gasteiger partial charge in [0.15, 0.2) is 0 Å². The van der Waals surface area contributed by atoms with Crippen LogP contribution in [-0.4, -0.2) is 36.6 Å². The van der Waals surface area contributed by atoms with Gasteiger partial charge in [-0.3, -0.25) is 0 Å². The van der Waals surface area contributed by atoms with Crippen molar-refractivity contribution in [3.63, 3.8) is 0 Å². The van der Waals surface area contributed by atoms with Crippen molar-refractivity contribution in [3.8, 4) is 0 Å². The summed E-state index contributed by atoms with van der Waals surface area (Å²) >= 11 is 0. The van der Waals surface area contributed by atoms with Crippen LogP contribution in [0.1, 0.15) is 65.2 Å². The molecule has 0 aromatic carbocycles. The quantitative estimate of drug-likeness (QED) is 0.825. The first-order valence-electron chi connectivity index (χ1n) is 8.26. The van der Waals surface area contributed by atoms with Crippen molar-refractivity contribution in [1.82, 2.24) is 10.2 Å². The highest BCUT2D eigenvalue weighted by molar-refractivity contribution is 4.82. The van der Waals surface area contributed by atoms with E-state index < -0.39 is 0 Å². The molecule has 0 spiro atoms. The maximum absolute atomic E-state index is 3.96. The molecule has 1 heterocycles. The topological polar surface area (TPSA) is 15.3 Å². The summed E-state index contributed by atoms with van der Waals surface area (Å²) in [5.41, 5.74) is 0. The highest BCUT2D eigenvalue weighted by atomic mass is 15.1. The summed E-state index contributed by atoms with van der Waals surface area (Å²) < 4.78 is 0. The number of nitrogens with one attached hydrogen (secondary N) is 1. The van der Waals surface area contributed by atoms with E-state index in [2.05, 4.69) is 24.1 Å². The molecule has 0 amide bonds.